The fourth-order valence-electron chi connectivity index (χ4n) is 5.34. The Kier molecular flexibility index (Phi) is 11.7. The maximum atomic E-state index is 11.9. The summed E-state index contributed by atoms with van der Waals surface area (Å²) in [6.45, 7) is 5.32. The van der Waals surface area contributed by atoms with E-state index < -0.39 is 36.6 Å². The molecule has 1 aliphatic carbocycles. The number of benzene rings is 4. The summed E-state index contributed by atoms with van der Waals surface area (Å²) in [6.07, 6.45) is -2.83. The van der Waals surface area contributed by atoms with Gasteiger partial charge in [0.05, 0.1) is 33.0 Å². The second kappa shape index (κ2) is 16.3. The molecule has 5 rings (SSSR count). The lowest BCUT2D eigenvalue weighted by Gasteiger charge is -2.48. The second-order valence-corrected chi connectivity index (χ2v) is 10.6. The van der Waals surface area contributed by atoms with Crippen molar-refractivity contribution >= 4 is 0 Å². The summed E-state index contributed by atoms with van der Waals surface area (Å²) in [5.41, 5.74) is 4.02. The number of aliphatic hydroxyl groups is 1. The molecule has 0 spiro atoms. The highest BCUT2D eigenvalue weighted by atomic mass is 16.6. The number of rotatable bonds is 15. The van der Waals surface area contributed by atoms with E-state index in [4.69, 9.17) is 23.7 Å². The second-order valence-electron chi connectivity index (χ2n) is 10.6. The minimum atomic E-state index is -1.05. The topological polar surface area (TPSA) is 66.4 Å². The van der Waals surface area contributed by atoms with E-state index in [0.29, 0.717) is 26.4 Å². The molecule has 4 aromatic rings. The first-order valence-electron chi connectivity index (χ1n) is 14.8. The lowest BCUT2D eigenvalue weighted by atomic mass is 9.83. The minimum Gasteiger partial charge on any atom is -0.387 e. The standard InChI is InChI=1S/C37H40O6/c1-2-23-39-33-32(38)34(40-24-28-15-7-3-8-16-28)36(42-26-30-19-11-5-12-20-30)37(43-27-31-21-13-6-14-22-31)35(33)41-25-29-17-9-4-10-18-29/h2-22,32-38H,1,23-27H2/t32-,33+,34-,35-,36+,37+/m0/s1. The molecule has 6 heteroatoms. The molecule has 4 aromatic carbocycles. The Hall–Kier alpha value is -3.62. The number of hydrogen-bond donors (Lipinski definition) is 1. The van der Waals surface area contributed by atoms with Gasteiger partial charge in [0.2, 0.25) is 0 Å². The molecule has 6 atom stereocenters. The molecule has 0 aliphatic heterocycles. The van der Waals surface area contributed by atoms with Crippen molar-refractivity contribution in [3.8, 4) is 0 Å². The molecule has 0 radical (unpaired) electrons. The Morgan fingerprint density at radius 3 is 1.05 bits per heavy atom. The summed E-state index contributed by atoms with van der Waals surface area (Å²) in [6, 6.07) is 39.8. The van der Waals surface area contributed by atoms with Crippen LogP contribution in [0.15, 0.2) is 134 Å². The number of ether oxygens (including phenoxy) is 5. The van der Waals surface area contributed by atoms with E-state index in [1.54, 1.807) is 6.08 Å². The molecular formula is C37H40O6. The highest BCUT2D eigenvalue weighted by Gasteiger charge is 2.54. The van der Waals surface area contributed by atoms with Gasteiger partial charge < -0.3 is 28.8 Å². The van der Waals surface area contributed by atoms with Gasteiger partial charge in [-0.1, -0.05) is 127 Å². The van der Waals surface area contributed by atoms with Crippen molar-refractivity contribution < 1.29 is 28.8 Å². The quantitative estimate of drug-likeness (QED) is 0.167. The molecule has 43 heavy (non-hydrogen) atoms. The van der Waals surface area contributed by atoms with Crippen LogP contribution < -0.4 is 0 Å². The molecule has 0 unspecified atom stereocenters. The molecule has 0 saturated heterocycles. The zero-order valence-corrected chi connectivity index (χ0v) is 24.3. The van der Waals surface area contributed by atoms with Crippen molar-refractivity contribution in [2.75, 3.05) is 6.61 Å². The zero-order valence-electron chi connectivity index (χ0n) is 24.3. The first-order valence-corrected chi connectivity index (χ1v) is 14.8. The predicted molar refractivity (Wildman–Crippen MR) is 166 cm³/mol. The minimum absolute atomic E-state index is 0.235. The van der Waals surface area contributed by atoms with Crippen molar-refractivity contribution in [3.63, 3.8) is 0 Å². The first kappa shape index (κ1) is 30.8. The Labute approximate surface area is 254 Å². The lowest BCUT2D eigenvalue weighted by molar-refractivity contribution is -0.280. The van der Waals surface area contributed by atoms with Crippen LogP contribution in [0.1, 0.15) is 22.3 Å². The van der Waals surface area contributed by atoms with Crippen molar-refractivity contribution in [1.29, 1.82) is 0 Å². The van der Waals surface area contributed by atoms with Gasteiger partial charge in [0.1, 0.15) is 36.6 Å². The smallest absolute Gasteiger partial charge is 0.116 e. The predicted octanol–water partition coefficient (Wildman–Crippen LogP) is 6.27. The molecule has 0 aromatic heterocycles. The Balaban J connectivity index is 1.48. The van der Waals surface area contributed by atoms with E-state index in [9.17, 15) is 5.11 Å². The van der Waals surface area contributed by atoms with Crippen LogP contribution in [-0.2, 0) is 50.1 Å². The molecule has 6 nitrogen and oxygen atoms in total. The van der Waals surface area contributed by atoms with Crippen LogP contribution in [0.5, 0.6) is 0 Å². The molecule has 1 saturated carbocycles. The fourth-order valence-corrected chi connectivity index (χ4v) is 5.34. The van der Waals surface area contributed by atoms with E-state index in [-0.39, 0.29) is 6.61 Å². The maximum absolute atomic E-state index is 11.9. The third-order valence-corrected chi connectivity index (χ3v) is 7.52. The summed E-state index contributed by atoms with van der Waals surface area (Å²) >= 11 is 0. The normalized spacial score (nSPS) is 23.6. The van der Waals surface area contributed by atoms with Gasteiger partial charge in [0.15, 0.2) is 0 Å². The monoisotopic (exact) mass is 580 g/mol. The fraction of sp³-hybridized carbons (Fsp3) is 0.297. The highest BCUT2D eigenvalue weighted by molar-refractivity contribution is 5.17. The van der Waals surface area contributed by atoms with Gasteiger partial charge in [-0.2, -0.15) is 0 Å². The van der Waals surface area contributed by atoms with Crippen LogP contribution in [-0.4, -0.2) is 48.3 Å². The number of hydrogen-bond acceptors (Lipinski definition) is 6. The first-order chi connectivity index (χ1) is 21.2. The third kappa shape index (κ3) is 8.71. The lowest BCUT2D eigenvalue weighted by Crippen LogP contribution is -2.66. The summed E-state index contributed by atoms with van der Waals surface area (Å²) in [5.74, 6) is 0. The van der Waals surface area contributed by atoms with Gasteiger partial charge in [-0.3, -0.25) is 0 Å². The van der Waals surface area contributed by atoms with Crippen LogP contribution in [0.2, 0.25) is 0 Å². The van der Waals surface area contributed by atoms with Crippen molar-refractivity contribution in [2.45, 2.75) is 63.1 Å². The molecular weight excluding hydrogens is 540 g/mol. The average Bonchev–Trinajstić information content (AvgIpc) is 3.06. The molecule has 0 heterocycles. The van der Waals surface area contributed by atoms with Crippen molar-refractivity contribution in [2.24, 2.45) is 0 Å². The Morgan fingerprint density at radius 2 is 0.721 bits per heavy atom. The van der Waals surface area contributed by atoms with Crippen LogP contribution in [0.25, 0.3) is 0 Å². The largest absolute Gasteiger partial charge is 0.387 e. The van der Waals surface area contributed by atoms with Gasteiger partial charge in [-0.05, 0) is 22.3 Å². The molecule has 1 fully saturated rings. The third-order valence-electron chi connectivity index (χ3n) is 7.52. The van der Waals surface area contributed by atoms with Gasteiger partial charge in [0.25, 0.3) is 0 Å². The summed E-state index contributed by atoms with van der Waals surface area (Å²) in [7, 11) is 0. The Bertz CT molecular complexity index is 1330. The van der Waals surface area contributed by atoms with Crippen molar-refractivity contribution in [1.82, 2.24) is 0 Å². The summed E-state index contributed by atoms with van der Waals surface area (Å²) in [4.78, 5) is 0. The maximum Gasteiger partial charge on any atom is 0.116 e. The van der Waals surface area contributed by atoms with Gasteiger partial charge in [-0.15, -0.1) is 6.58 Å². The van der Waals surface area contributed by atoms with E-state index in [2.05, 4.69) is 6.58 Å². The van der Waals surface area contributed by atoms with Crippen LogP contribution in [0.4, 0.5) is 0 Å². The van der Waals surface area contributed by atoms with Crippen molar-refractivity contribution in [3.05, 3.63) is 156 Å². The van der Waals surface area contributed by atoms with E-state index >= 15 is 0 Å². The summed E-state index contributed by atoms with van der Waals surface area (Å²) in [5, 5.41) is 11.9. The van der Waals surface area contributed by atoms with Gasteiger partial charge in [-0.25, -0.2) is 0 Å². The van der Waals surface area contributed by atoms with E-state index in [1.807, 2.05) is 121 Å². The van der Waals surface area contributed by atoms with Crippen LogP contribution >= 0.6 is 0 Å². The summed E-state index contributed by atoms with van der Waals surface area (Å²) < 4.78 is 32.5. The average molecular weight is 581 g/mol. The van der Waals surface area contributed by atoms with Gasteiger partial charge in [0, 0.05) is 0 Å². The van der Waals surface area contributed by atoms with E-state index in [0.717, 1.165) is 22.3 Å². The molecule has 1 aliphatic rings. The number of aliphatic hydroxyl groups excluding tert-OH is 1. The van der Waals surface area contributed by atoms with E-state index in [1.165, 1.54) is 0 Å². The molecule has 0 amide bonds. The SMILES string of the molecule is C=CCO[C@@H]1[C@H](O)[C@H](OCc2ccccc2)[C@@H](OCc2ccccc2)[C@H](OCc2ccccc2)[C@H]1OCc1ccccc1. The Morgan fingerprint density at radius 1 is 0.442 bits per heavy atom. The molecule has 1 N–H and O–H groups in total. The van der Waals surface area contributed by atoms with Crippen LogP contribution in [0.3, 0.4) is 0 Å². The van der Waals surface area contributed by atoms with Gasteiger partial charge >= 0.3 is 0 Å². The zero-order chi connectivity index (χ0) is 29.7. The van der Waals surface area contributed by atoms with Crippen LogP contribution in [0, 0.1) is 0 Å². The highest BCUT2D eigenvalue weighted by Crippen LogP contribution is 2.34. The molecule has 0 bridgehead atoms. The molecule has 224 valence electrons.